The number of piperidine rings is 2. The van der Waals surface area contributed by atoms with E-state index in [1.54, 1.807) is 0 Å². The molecule has 2 aromatic rings. The number of anilines is 1. The van der Waals surface area contributed by atoms with Crippen molar-refractivity contribution in [3.63, 3.8) is 0 Å². The fourth-order valence-electron chi connectivity index (χ4n) is 5.38. The highest BCUT2D eigenvalue weighted by Gasteiger charge is 2.30. The lowest BCUT2D eigenvalue weighted by Gasteiger charge is -2.41. The van der Waals surface area contributed by atoms with E-state index in [1.807, 2.05) is 0 Å². The molecule has 166 valence electrons. The summed E-state index contributed by atoms with van der Waals surface area (Å²) in [6.07, 6.45) is 5.33. The van der Waals surface area contributed by atoms with Crippen LogP contribution in [0.2, 0.25) is 0 Å². The van der Waals surface area contributed by atoms with E-state index in [1.165, 1.54) is 51.0 Å². The van der Waals surface area contributed by atoms with Gasteiger partial charge in [0.2, 0.25) is 0 Å². The molecule has 0 spiro atoms. The minimum absolute atomic E-state index is 0.00641. The second-order valence-corrected chi connectivity index (χ2v) is 11.8. The van der Waals surface area contributed by atoms with Crippen molar-refractivity contribution >= 4 is 16.7 Å². The van der Waals surface area contributed by atoms with Crippen molar-refractivity contribution in [2.45, 2.75) is 72.6 Å². The molecule has 0 radical (unpaired) electrons. The van der Waals surface area contributed by atoms with E-state index in [9.17, 15) is 0 Å². The van der Waals surface area contributed by atoms with Crippen molar-refractivity contribution in [2.24, 2.45) is 17.3 Å². The second-order valence-electron chi connectivity index (χ2n) is 11.8. The van der Waals surface area contributed by atoms with Gasteiger partial charge in [-0.15, -0.1) is 0 Å². The van der Waals surface area contributed by atoms with Gasteiger partial charge in [0.1, 0.15) is 0 Å². The van der Waals surface area contributed by atoms with Crippen LogP contribution in [0.3, 0.4) is 0 Å². The molecule has 1 aromatic heterocycles. The summed E-state index contributed by atoms with van der Waals surface area (Å²) >= 11 is 0. The molecule has 2 fully saturated rings. The molecule has 0 N–H and O–H groups in total. The van der Waals surface area contributed by atoms with Gasteiger partial charge >= 0.3 is 0 Å². The van der Waals surface area contributed by atoms with Crippen molar-refractivity contribution in [3.8, 4) is 0 Å². The first-order valence-electron chi connectivity index (χ1n) is 12.0. The molecule has 4 rings (SSSR count). The quantitative estimate of drug-likeness (QED) is 0.611. The number of likely N-dealkylation sites (tertiary alicyclic amines) is 1. The number of hydrogen-bond acceptors (Lipinski definition) is 4. The Balaban J connectivity index is 1.31. The lowest BCUT2D eigenvalue weighted by atomic mass is 9.75. The number of fused-ring (bicyclic) bond motifs is 1. The third-order valence-corrected chi connectivity index (χ3v) is 7.47. The third kappa shape index (κ3) is 4.69. The SMILES string of the molecule is CC(C)(C)c1noc2cc(N3CCC(CN4CCC(C(C)(C)C)CC4)CC3)ccc12. The molecule has 0 saturated carbocycles. The van der Waals surface area contributed by atoms with Crippen LogP contribution in [0.15, 0.2) is 22.7 Å². The smallest absolute Gasteiger partial charge is 0.169 e. The number of aromatic nitrogens is 1. The van der Waals surface area contributed by atoms with Gasteiger partial charge in [-0.05, 0) is 68.2 Å². The zero-order valence-corrected chi connectivity index (χ0v) is 20.0. The van der Waals surface area contributed by atoms with E-state index in [0.717, 1.165) is 41.6 Å². The van der Waals surface area contributed by atoms with Crippen molar-refractivity contribution < 1.29 is 4.52 Å². The van der Waals surface area contributed by atoms with Crippen LogP contribution in [-0.4, -0.2) is 42.8 Å². The predicted octanol–water partition coefficient (Wildman–Crippen LogP) is 6.10. The zero-order chi connectivity index (χ0) is 21.5. The molecule has 0 amide bonds. The fraction of sp³-hybridized carbons (Fsp3) is 0.731. The van der Waals surface area contributed by atoms with E-state index in [2.05, 4.69) is 74.7 Å². The lowest BCUT2D eigenvalue weighted by Crippen LogP contribution is -2.43. The van der Waals surface area contributed by atoms with Crippen LogP contribution in [0.4, 0.5) is 5.69 Å². The van der Waals surface area contributed by atoms with Crippen LogP contribution in [0.1, 0.15) is 72.9 Å². The number of hydrogen-bond donors (Lipinski definition) is 0. The van der Waals surface area contributed by atoms with E-state index in [0.29, 0.717) is 5.41 Å². The Morgan fingerprint density at radius 2 is 1.60 bits per heavy atom. The van der Waals surface area contributed by atoms with E-state index in [-0.39, 0.29) is 5.41 Å². The normalized spacial score (nSPS) is 20.9. The van der Waals surface area contributed by atoms with Gasteiger partial charge in [0.05, 0.1) is 5.69 Å². The molecule has 0 atom stereocenters. The second kappa shape index (κ2) is 8.18. The number of benzene rings is 1. The van der Waals surface area contributed by atoms with Crippen molar-refractivity contribution in [1.29, 1.82) is 0 Å². The van der Waals surface area contributed by atoms with E-state index in [4.69, 9.17) is 4.52 Å². The zero-order valence-electron chi connectivity index (χ0n) is 20.0. The number of rotatable bonds is 3. The summed E-state index contributed by atoms with van der Waals surface area (Å²) in [5.41, 5.74) is 3.73. The van der Waals surface area contributed by atoms with Crippen LogP contribution >= 0.6 is 0 Å². The first kappa shape index (κ1) is 21.7. The minimum atomic E-state index is 0.00641. The number of nitrogens with zero attached hydrogens (tertiary/aromatic N) is 3. The maximum atomic E-state index is 5.68. The fourth-order valence-corrected chi connectivity index (χ4v) is 5.38. The van der Waals surface area contributed by atoms with Gasteiger partial charge < -0.3 is 14.3 Å². The Labute approximate surface area is 183 Å². The highest BCUT2D eigenvalue weighted by molar-refractivity contribution is 5.83. The molecule has 2 saturated heterocycles. The van der Waals surface area contributed by atoms with Crippen molar-refractivity contribution in [3.05, 3.63) is 23.9 Å². The molecular weight excluding hydrogens is 370 g/mol. The van der Waals surface area contributed by atoms with Crippen LogP contribution in [-0.2, 0) is 5.41 Å². The highest BCUT2D eigenvalue weighted by Crippen LogP contribution is 2.35. The first-order valence-corrected chi connectivity index (χ1v) is 12.0. The first-order chi connectivity index (χ1) is 14.1. The summed E-state index contributed by atoms with van der Waals surface area (Å²) in [6, 6.07) is 6.65. The average molecular weight is 412 g/mol. The summed E-state index contributed by atoms with van der Waals surface area (Å²) in [5, 5.41) is 5.50. The minimum Gasteiger partial charge on any atom is -0.371 e. The lowest BCUT2D eigenvalue weighted by molar-refractivity contribution is 0.0971. The Hall–Kier alpha value is -1.55. The van der Waals surface area contributed by atoms with Crippen LogP contribution in [0.5, 0.6) is 0 Å². The monoisotopic (exact) mass is 411 g/mol. The van der Waals surface area contributed by atoms with Crippen LogP contribution < -0.4 is 4.90 Å². The molecule has 30 heavy (non-hydrogen) atoms. The summed E-state index contributed by atoms with van der Waals surface area (Å²) in [6.45, 7) is 20.0. The Morgan fingerprint density at radius 3 is 2.20 bits per heavy atom. The Bertz CT molecular complexity index is 841. The molecule has 1 aromatic carbocycles. The van der Waals surface area contributed by atoms with Crippen LogP contribution in [0.25, 0.3) is 11.0 Å². The van der Waals surface area contributed by atoms with Gasteiger partial charge in [-0.2, -0.15) is 0 Å². The van der Waals surface area contributed by atoms with Crippen molar-refractivity contribution in [2.75, 3.05) is 37.6 Å². The van der Waals surface area contributed by atoms with E-state index < -0.39 is 0 Å². The molecule has 0 unspecified atom stereocenters. The van der Waals surface area contributed by atoms with Gasteiger partial charge in [-0.1, -0.05) is 46.7 Å². The molecule has 4 nitrogen and oxygen atoms in total. The van der Waals surface area contributed by atoms with Crippen LogP contribution in [0, 0.1) is 17.3 Å². The highest BCUT2D eigenvalue weighted by atomic mass is 16.5. The molecule has 0 aliphatic carbocycles. The molecule has 3 heterocycles. The Kier molecular flexibility index (Phi) is 5.91. The van der Waals surface area contributed by atoms with Gasteiger partial charge in [-0.25, -0.2) is 0 Å². The predicted molar refractivity (Wildman–Crippen MR) is 126 cm³/mol. The van der Waals surface area contributed by atoms with Gasteiger partial charge in [-0.3, -0.25) is 0 Å². The summed E-state index contributed by atoms with van der Waals surface area (Å²) in [4.78, 5) is 5.26. The standard InChI is InChI=1S/C26H41N3O/c1-25(2,3)20-11-13-28(14-12-20)18-19-9-15-29(16-10-19)21-7-8-22-23(17-21)30-27-24(22)26(4,5)6/h7-8,17,19-20H,9-16,18H2,1-6H3. The van der Waals surface area contributed by atoms with E-state index >= 15 is 0 Å². The Morgan fingerprint density at radius 1 is 0.933 bits per heavy atom. The molecular formula is C26H41N3O. The van der Waals surface area contributed by atoms with Gasteiger partial charge in [0, 0.05) is 42.2 Å². The third-order valence-electron chi connectivity index (χ3n) is 7.47. The van der Waals surface area contributed by atoms with Gasteiger partial charge in [0.15, 0.2) is 5.58 Å². The molecule has 2 aliphatic heterocycles. The average Bonchev–Trinajstić information content (AvgIpc) is 3.12. The summed E-state index contributed by atoms with van der Waals surface area (Å²) in [7, 11) is 0. The van der Waals surface area contributed by atoms with Gasteiger partial charge in [0.25, 0.3) is 0 Å². The summed E-state index contributed by atoms with van der Waals surface area (Å²) < 4.78 is 5.68. The molecule has 2 aliphatic rings. The maximum Gasteiger partial charge on any atom is 0.169 e. The molecule has 0 bridgehead atoms. The largest absolute Gasteiger partial charge is 0.371 e. The summed E-state index contributed by atoms with van der Waals surface area (Å²) in [5.74, 6) is 1.73. The molecule has 4 heteroatoms. The topological polar surface area (TPSA) is 32.5 Å². The maximum absolute atomic E-state index is 5.68. The van der Waals surface area contributed by atoms with Crippen molar-refractivity contribution in [1.82, 2.24) is 10.1 Å².